The number of carbonyl (C=O) groups excluding carboxylic acids is 1. The summed E-state index contributed by atoms with van der Waals surface area (Å²) >= 11 is 0. The van der Waals surface area contributed by atoms with Crippen molar-refractivity contribution in [1.29, 1.82) is 0 Å². The largest absolute Gasteiger partial charge is 0.395 e. The topological polar surface area (TPSA) is 96.7 Å². The molecule has 6 heteroatoms. The summed E-state index contributed by atoms with van der Waals surface area (Å²) in [6.45, 7) is 4.21. The van der Waals surface area contributed by atoms with Crippen molar-refractivity contribution in [3.8, 4) is 0 Å². The van der Waals surface area contributed by atoms with E-state index in [-0.39, 0.29) is 11.6 Å². The number of aromatic nitrogens is 3. The number of pyridine rings is 1. The van der Waals surface area contributed by atoms with Crippen molar-refractivity contribution in [2.45, 2.75) is 26.8 Å². The van der Waals surface area contributed by atoms with E-state index in [1.807, 2.05) is 32.0 Å². The quantitative estimate of drug-likeness (QED) is 0.768. The molecule has 0 aliphatic carbocycles. The fourth-order valence-electron chi connectivity index (χ4n) is 1.78. The van der Waals surface area contributed by atoms with Crippen LogP contribution in [0.4, 0.5) is 5.69 Å². The van der Waals surface area contributed by atoms with Gasteiger partial charge in [-0.2, -0.15) is 5.10 Å². The number of rotatable bonds is 4. The fraction of sp³-hybridized carbons (Fsp3) is 0.308. The van der Waals surface area contributed by atoms with Crippen molar-refractivity contribution in [2.75, 3.05) is 5.73 Å². The zero-order valence-corrected chi connectivity index (χ0v) is 11.0. The van der Waals surface area contributed by atoms with Gasteiger partial charge in [-0.15, -0.1) is 0 Å². The van der Waals surface area contributed by atoms with E-state index in [1.54, 1.807) is 0 Å². The van der Waals surface area contributed by atoms with Crippen molar-refractivity contribution in [3.05, 3.63) is 41.0 Å². The van der Waals surface area contributed by atoms with Gasteiger partial charge in [0.25, 0.3) is 5.91 Å². The Morgan fingerprint density at radius 2 is 2.26 bits per heavy atom. The number of nitrogens with zero attached hydrogens (tertiary/aromatic N) is 2. The van der Waals surface area contributed by atoms with Crippen LogP contribution in [0.2, 0.25) is 0 Å². The van der Waals surface area contributed by atoms with Gasteiger partial charge in [-0.3, -0.25) is 14.9 Å². The zero-order valence-electron chi connectivity index (χ0n) is 11.0. The van der Waals surface area contributed by atoms with E-state index in [9.17, 15) is 4.79 Å². The summed E-state index contributed by atoms with van der Waals surface area (Å²) in [5.41, 5.74) is 8.99. The standard InChI is InChI=1S/C13H17N5O/c1-3-10-11(14)12(18-17-10)13(19)15-7-9-6-4-5-8(2)16-9/h4-6H,3,7,14H2,1-2H3,(H,15,19)(H,17,18). The lowest BCUT2D eigenvalue weighted by molar-refractivity contribution is 0.0946. The molecule has 2 rings (SSSR count). The number of aromatic amines is 1. The zero-order chi connectivity index (χ0) is 13.8. The van der Waals surface area contributed by atoms with Crippen LogP contribution in [0.15, 0.2) is 18.2 Å². The minimum absolute atomic E-state index is 0.240. The minimum atomic E-state index is -0.295. The van der Waals surface area contributed by atoms with Crippen LogP contribution in [0.5, 0.6) is 0 Å². The van der Waals surface area contributed by atoms with Crippen LogP contribution in [0.25, 0.3) is 0 Å². The number of amides is 1. The number of hydrogen-bond acceptors (Lipinski definition) is 4. The lowest BCUT2D eigenvalue weighted by Gasteiger charge is -2.04. The van der Waals surface area contributed by atoms with E-state index in [0.717, 1.165) is 17.1 Å². The molecule has 0 saturated heterocycles. The van der Waals surface area contributed by atoms with Crippen LogP contribution in [0.3, 0.4) is 0 Å². The molecule has 0 unspecified atom stereocenters. The summed E-state index contributed by atoms with van der Waals surface area (Å²) in [5, 5.41) is 9.45. The van der Waals surface area contributed by atoms with Crippen LogP contribution in [-0.2, 0) is 13.0 Å². The molecule has 0 aliphatic rings. The molecule has 19 heavy (non-hydrogen) atoms. The van der Waals surface area contributed by atoms with Crippen LogP contribution in [0.1, 0.15) is 34.5 Å². The molecule has 0 saturated carbocycles. The number of hydrogen-bond donors (Lipinski definition) is 3. The van der Waals surface area contributed by atoms with E-state index < -0.39 is 0 Å². The monoisotopic (exact) mass is 259 g/mol. The predicted octanol–water partition coefficient (Wildman–Crippen LogP) is 1.19. The van der Waals surface area contributed by atoms with Crippen molar-refractivity contribution in [1.82, 2.24) is 20.5 Å². The number of anilines is 1. The number of nitrogen functional groups attached to an aromatic ring is 1. The van der Waals surface area contributed by atoms with E-state index in [2.05, 4.69) is 20.5 Å². The maximum atomic E-state index is 12.0. The maximum Gasteiger partial charge on any atom is 0.274 e. The van der Waals surface area contributed by atoms with Crippen molar-refractivity contribution in [3.63, 3.8) is 0 Å². The molecular formula is C13H17N5O. The number of aryl methyl sites for hydroxylation is 2. The van der Waals surface area contributed by atoms with Crippen LogP contribution >= 0.6 is 0 Å². The Kier molecular flexibility index (Phi) is 3.79. The smallest absolute Gasteiger partial charge is 0.274 e. The first-order valence-corrected chi connectivity index (χ1v) is 6.15. The second-order valence-corrected chi connectivity index (χ2v) is 4.27. The SMILES string of the molecule is CCc1[nH]nc(C(=O)NCc2cccc(C)n2)c1N. The molecule has 0 atom stereocenters. The number of H-pyrrole nitrogens is 1. The second kappa shape index (κ2) is 5.51. The molecule has 6 nitrogen and oxygen atoms in total. The Morgan fingerprint density at radius 3 is 2.89 bits per heavy atom. The van der Waals surface area contributed by atoms with Crippen molar-refractivity contribution in [2.24, 2.45) is 0 Å². The summed E-state index contributed by atoms with van der Waals surface area (Å²) in [6, 6.07) is 5.67. The third-order valence-corrected chi connectivity index (χ3v) is 2.83. The molecule has 1 amide bonds. The average Bonchev–Trinajstić information content (AvgIpc) is 2.77. The third-order valence-electron chi connectivity index (χ3n) is 2.83. The summed E-state index contributed by atoms with van der Waals surface area (Å²) < 4.78 is 0. The maximum absolute atomic E-state index is 12.0. The normalized spacial score (nSPS) is 10.4. The highest BCUT2D eigenvalue weighted by atomic mass is 16.1. The van der Waals surface area contributed by atoms with E-state index >= 15 is 0 Å². The number of nitrogens with two attached hydrogens (primary N) is 1. The molecule has 0 spiro atoms. The Bertz CT molecular complexity index is 590. The Labute approximate surface area is 111 Å². The van der Waals surface area contributed by atoms with Crippen LogP contribution < -0.4 is 11.1 Å². The van der Waals surface area contributed by atoms with Crippen molar-refractivity contribution >= 4 is 11.6 Å². The van der Waals surface area contributed by atoms with Gasteiger partial charge in [-0.25, -0.2) is 0 Å². The first kappa shape index (κ1) is 13.1. The molecule has 100 valence electrons. The van der Waals surface area contributed by atoms with Gasteiger partial charge < -0.3 is 11.1 Å². The highest BCUT2D eigenvalue weighted by Crippen LogP contribution is 2.14. The Hall–Kier alpha value is -2.37. The van der Waals surface area contributed by atoms with Crippen molar-refractivity contribution < 1.29 is 4.79 Å². The Morgan fingerprint density at radius 1 is 1.47 bits per heavy atom. The number of carbonyl (C=O) groups is 1. The fourth-order valence-corrected chi connectivity index (χ4v) is 1.78. The summed E-state index contributed by atoms with van der Waals surface area (Å²) in [7, 11) is 0. The molecular weight excluding hydrogens is 242 g/mol. The molecule has 0 fully saturated rings. The molecule has 2 aromatic heterocycles. The predicted molar refractivity (Wildman–Crippen MR) is 72.5 cm³/mol. The lowest BCUT2D eigenvalue weighted by Crippen LogP contribution is -2.24. The van der Waals surface area contributed by atoms with Gasteiger partial charge in [0.2, 0.25) is 0 Å². The molecule has 2 heterocycles. The van der Waals surface area contributed by atoms with Gasteiger partial charge in [0.15, 0.2) is 5.69 Å². The van der Waals surface area contributed by atoms with Crippen LogP contribution in [0, 0.1) is 6.92 Å². The van der Waals surface area contributed by atoms with E-state index in [0.29, 0.717) is 18.7 Å². The molecule has 0 radical (unpaired) electrons. The molecule has 0 aromatic carbocycles. The van der Waals surface area contributed by atoms with Gasteiger partial charge in [0.05, 0.1) is 23.6 Å². The van der Waals surface area contributed by atoms with E-state index in [4.69, 9.17) is 5.73 Å². The summed E-state index contributed by atoms with van der Waals surface area (Å²) in [4.78, 5) is 16.3. The molecule has 2 aromatic rings. The highest BCUT2D eigenvalue weighted by Gasteiger charge is 2.16. The summed E-state index contributed by atoms with van der Waals surface area (Å²) in [6.07, 6.45) is 0.714. The first-order valence-electron chi connectivity index (χ1n) is 6.15. The lowest BCUT2D eigenvalue weighted by atomic mass is 10.2. The van der Waals surface area contributed by atoms with Gasteiger partial charge in [-0.1, -0.05) is 13.0 Å². The summed E-state index contributed by atoms with van der Waals surface area (Å²) in [5.74, 6) is -0.295. The molecule has 4 N–H and O–H groups in total. The van der Waals surface area contributed by atoms with Gasteiger partial charge in [0.1, 0.15) is 0 Å². The van der Waals surface area contributed by atoms with Gasteiger partial charge in [-0.05, 0) is 25.5 Å². The number of nitrogens with one attached hydrogen (secondary N) is 2. The first-order chi connectivity index (χ1) is 9.11. The van der Waals surface area contributed by atoms with Crippen LogP contribution in [-0.4, -0.2) is 21.1 Å². The minimum Gasteiger partial charge on any atom is -0.395 e. The molecule has 0 bridgehead atoms. The van der Waals surface area contributed by atoms with Gasteiger partial charge >= 0.3 is 0 Å². The highest BCUT2D eigenvalue weighted by molar-refractivity contribution is 5.97. The second-order valence-electron chi connectivity index (χ2n) is 4.27. The van der Waals surface area contributed by atoms with Gasteiger partial charge in [0, 0.05) is 5.69 Å². The molecule has 0 aliphatic heterocycles. The average molecular weight is 259 g/mol. The third kappa shape index (κ3) is 2.90. The van der Waals surface area contributed by atoms with E-state index in [1.165, 1.54) is 0 Å². The Balaban J connectivity index is 2.03.